The summed E-state index contributed by atoms with van der Waals surface area (Å²) in [6.07, 6.45) is 7.65. The van der Waals surface area contributed by atoms with Gasteiger partial charge in [0.15, 0.2) is 0 Å². The highest BCUT2D eigenvalue weighted by Gasteiger charge is 2.17. The van der Waals surface area contributed by atoms with Crippen LogP contribution in [0, 0.1) is 0 Å². The lowest BCUT2D eigenvalue weighted by Gasteiger charge is -2.23. The third-order valence-electron chi connectivity index (χ3n) is 3.95. The molecule has 0 unspecified atom stereocenters. The summed E-state index contributed by atoms with van der Waals surface area (Å²) in [7, 11) is 0. The summed E-state index contributed by atoms with van der Waals surface area (Å²) in [5.41, 5.74) is 2.25. The molecule has 0 saturated carbocycles. The van der Waals surface area contributed by atoms with Gasteiger partial charge in [-0.1, -0.05) is 0 Å². The van der Waals surface area contributed by atoms with Crippen molar-refractivity contribution in [1.82, 2.24) is 29.9 Å². The van der Waals surface area contributed by atoms with Crippen LogP contribution in [-0.4, -0.2) is 37.6 Å². The molecule has 6 nitrogen and oxygen atoms in total. The number of benzene rings is 1. The first-order chi connectivity index (χ1) is 9.92. The van der Waals surface area contributed by atoms with Crippen LogP contribution in [0.1, 0.15) is 18.9 Å². The fraction of sp³-hybridized carbons (Fsp3) is 0.357. The number of halogens is 2. The Hall–Kier alpha value is -1.63. The van der Waals surface area contributed by atoms with E-state index >= 15 is 0 Å². The van der Waals surface area contributed by atoms with Gasteiger partial charge in [0.25, 0.3) is 0 Å². The van der Waals surface area contributed by atoms with Crippen LogP contribution in [0.15, 0.2) is 37.1 Å². The number of nitrogens with one attached hydrogen (secondary N) is 1. The molecule has 1 aliphatic rings. The first-order valence-corrected chi connectivity index (χ1v) is 6.95. The molecule has 0 radical (unpaired) electrons. The van der Waals surface area contributed by atoms with Crippen molar-refractivity contribution >= 4 is 35.7 Å². The monoisotopic (exact) mass is 340 g/mol. The van der Waals surface area contributed by atoms with E-state index in [1.54, 1.807) is 12.7 Å². The number of hydrogen-bond donors (Lipinski definition) is 1. The number of fused-ring (bicyclic) bond motifs is 1. The molecule has 4 rings (SSSR count). The molecular weight excluding hydrogens is 323 g/mol. The van der Waals surface area contributed by atoms with E-state index in [1.807, 2.05) is 10.8 Å². The molecule has 22 heavy (non-hydrogen) atoms. The van der Waals surface area contributed by atoms with Crippen LogP contribution >= 0.6 is 24.8 Å². The Kier molecular flexibility index (Phi) is 5.39. The molecule has 1 saturated heterocycles. The summed E-state index contributed by atoms with van der Waals surface area (Å²) >= 11 is 0. The van der Waals surface area contributed by atoms with Gasteiger partial charge in [-0.2, -0.15) is 5.10 Å². The van der Waals surface area contributed by atoms with E-state index in [1.165, 1.54) is 10.9 Å². The second-order valence-corrected chi connectivity index (χ2v) is 5.18. The molecule has 1 aromatic carbocycles. The summed E-state index contributed by atoms with van der Waals surface area (Å²) in [6.45, 7) is 2.13. The van der Waals surface area contributed by atoms with E-state index < -0.39 is 0 Å². The van der Waals surface area contributed by atoms with Crippen molar-refractivity contribution in [3.63, 3.8) is 0 Å². The largest absolute Gasteiger partial charge is 0.317 e. The summed E-state index contributed by atoms with van der Waals surface area (Å²) in [5.74, 6) is 0. The molecule has 0 spiro atoms. The molecule has 118 valence electrons. The van der Waals surface area contributed by atoms with Crippen molar-refractivity contribution in [3.8, 4) is 5.69 Å². The van der Waals surface area contributed by atoms with Gasteiger partial charge in [0.2, 0.25) is 0 Å². The second kappa shape index (κ2) is 7.09. The molecule has 0 atom stereocenters. The van der Waals surface area contributed by atoms with Crippen LogP contribution < -0.4 is 5.32 Å². The minimum atomic E-state index is 0. The van der Waals surface area contributed by atoms with Gasteiger partial charge in [-0.3, -0.25) is 9.25 Å². The van der Waals surface area contributed by atoms with E-state index in [-0.39, 0.29) is 24.8 Å². The van der Waals surface area contributed by atoms with E-state index in [9.17, 15) is 0 Å². The maximum Gasteiger partial charge on any atom is 0.123 e. The number of piperidine rings is 1. The second-order valence-electron chi connectivity index (χ2n) is 5.18. The lowest BCUT2D eigenvalue weighted by Crippen LogP contribution is -2.29. The van der Waals surface area contributed by atoms with Gasteiger partial charge in [0.1, 0.15) is 12.7 Å². The van der Waals surface area contributed by atoms with Gasteiger partial charge in [-0.15, -0.1) is 35.0 Å². The standard InChI is InChI=1S/C14H16N6.2ClH/c1-2-13(19-9-16-17-10-19)7-14-11(1)8-18-20(14)12-3-5-15-6-4-12;;/h1-2,7-10,12,15H,3-6H2;2*1H. The zero-order chi connectivity index (χ0) is 13.4. The Morgan fingerprint density at radius 1 is 1.05 bits per heavy atom. The molecule has 1 aliphatic heterocycles. The first kappa shape index (κ1) is 16.7. The van der Waals surface area contributed by atoms with Crippen molar-refractivity contribution in [2.24, 2.45) is 0 Å². The SMILES string of the molecule is Cl.Cl.c1cc2cnn(C3CCNCC3)c2cc1-n1cnnc1. The smallest absolute Gasteiger partial charge is 0.123 e. The topological polar surface area (TPSA) is 60.6 Å². The van der Waals surface area contributed by atoms with Gasteiger partial charge >= 0.3 is 0 Å². The van der Waals surface area contributed by atoms with Crippen molar-refractivity contribution in [1.29, 1.82) is 0 Å². The average molecular weight is 341 g/mol. The maximum atomic E-state index is 4.59. The highest BCUT2D eigenvalue weighted by Crippen LogP contribution is 2.25. The molecule has 1 N–H and O–H groups in total. The Morgan fingerprint density at radius 3 is 2.50 bits per heavy atom. The fourth-order valence-electron chi connectivity index (χ4n) is 2.86. The normalized spacial score (nSPS) is 15.3. The van der Waals surface area contributed by atoms with Crippen LogP contribution in [0.2, 0.25) is 0 Å². The molecule has 3 heterocycles. The Morgan fingerprint density at radius 2 is 1.77 bits per heavy atom. The van der Waals surface area contributed by atoms with Gasteiger partial charge in [-0.05, 0) is 44.1 Å². The zero-order valence-electron chi connectivity index (χ0n) is 11.9. The summed E-state index contributed by atoms with van der Waals surface area (Å²) in [5, 5.41) is 16.9. The molecule has 1 fully saturated rings. The average Bonchev–Trinajstić information content (AvgIpc) is 3.17. The lowest BCUT2D eigenvalue weighted by molar-refractivity contribution is 0.351. The minimum Gasteiger partial charge on any atom is -0.317 e. The van der Waals surface area contributed by atoms with Crippen LogP contribution in [-0.2, 0) is 0 Å². The summed E-state index contributed by atoms with van der Waals surface area (Å²) < 4.78 is 4.09. The van der Waals surface area contributed by atoms with E-state index in [0.29, 0.717) is 6.04 Å². The van der Waals surface area contributed by atoms with Crippen LogP contribution in [0.25, 0.3) is 16.6 Å². The Labute approximate surface area is 140 Å². The van der Waals surface area contributed by atoms with Crippen molar-refractivity contribution < 1.29 is 0 Å². The highest BCUT2D eigenvalue weighted by atomic mass is 35.5. The Bertz CT molecular complexity index is 718. The van der Waals surface area contributed by atoms with Crippen LogP contribution in [0.5, 0.6) is 0 Å². The van der Waals surface area contributed by atoms with E-state index in [2.05, 4.69) is 43.5 Å². The van der Waals surface area contributed by atoms with Crippen molar-refractivity contribution in [2.45, 2.75) is 18.9 Å². The first-order valence-electron chi connectivity index (χ1n) is 6.95. The predicted octanol–water partition coefficient (Wildman–Crippen LogP) is 2.39. The number of hydrogen-bond acceptors (Lipinski definition) is 4. The number of nitrogens with zero attached hydrogens (tertiary/aromatic N) is 5. The quantitative estimate of drug-likeness (QED) is 0.778. The summed E-state index contributed by atoms with van der Waals surface area (Å²) in [4.78, 5) is 0. The molecule has 0 amide bonds. The van der Waals surface area contributed by atoms with Gasteiger partial charge in [0, 0.05) is 5.39 Å². The number of rotatable bonds is 2. The highest BCUT2D eigenvalue weighted by molar-refractivity contribution is 5.85. The van der Waals surface area contributed by atoms with Crippen molar-refractivity contribution in [2.75, 3.05) is 13.1 Å². The third kappa shape index (κ3) is 2.95. The van der Waals surface area contributed by atoms with Crippen molar-refractivity contribution in [3.05, 3.63) is 37.1 Å². The molecule has 0 aliphatic carbocycles. The predicted molar refractivity (Wildman–Crippen MR) is 90.3 cm³/mol. The third-order valence-corrected chi connectivity index (χ3v) is 3.95. The fourth-order valence-corrected chi connectivity index (χ4v) is 2.86. The molecule has 2 aromatic heterocycles. The minimum absolute atomic E-state index is 0. The van der Waals surface area contributed by atoms with Gasteiger partial charge in [0.05, 0.1) is 23.4 Å². The van der Waals surface area contributed by atoms with Crippen LogP contribution in [0.3, 0.4) is 0 Å². The summed E-state index contributed by atoms with van der Waals surface area (Å²) in [6, 6.07) is 6.83. The molecular formula is C14H18Cl2N6. The maximum absolute atomic E-state index is 4.59. The zero-order valence-corrected chi connectivity index (χ0v) is 13.6. The van der Waals surface area contributed by atoms with E-state index in [4.69, 9.17) is 0 Å². The van der Waals surface area contributed by atoms with Gasteiger partial charge in [-0.25, -0.2) is 0 Å². The van der Waals surface area contributed by atoms with Crippen LogP contribution in [0.4, 0.5) is 0 Å². The van der Waals surface area contributed by atoms with E-state index in [0.717, 1.165) is 31.6 Å². The molecule has 8 heteroatoms. The Balaban J connectivity index is 0.000000882. The number of aromatic nitrogens is 5. The molecule has 0 bridgehead atoms. The lowest BCUT2D eigenvalue weighted by atomic mass is 10.1. The molecule has 3 aromatic rings. The van der Waals surface area contributed by atoms with Gasteiger partial charge < -0.3 is 5.32 Å².